The number of sulfonamides is 1. The second-order valence-electron chi connectivity index (χ2n) is 8.03. The first-order chi connectivity index (χ1) is 16.0. The third-order valence-electron chi connectivity index (χ3n) is 5.83. The quantitative estimate of drug-likeness (QED) is 0.491. The van der Waals surface area contributed by atoms with Crippen LogP contribution in [0.5, 0.6) is 0 Å². The fourth-order valence-electron chi connectivity index (χ4n) is 3.82. The van der Waals surface area contributed by atoms with E-state index in [1.807, 2.05) is 47.4 Å². The van der Waals surface area contributed by atoms with Crippen molar-refractivity contribution in [3.8, 4) is 11.1 Å². The lowest BCUT2D eigenvalue weighted by atomic mass is 9.97. The molecule has 1 aromatic heterocycles. The summed E-state index contributed by atoms with van der Waals surface area (Å²) in [6, 6.07) is 16.7. The van der Waals surface area contributed by atoms with Crippen LogP contribution in [0.2, 0.25) is 0 Å². The van der Waals surface area contributed by atoms with Gasteiger partial charge in [-0.2, -0.15) is 0 Å². The second-order valence-corrected chi connectivity index (χ2v) is 9.79. The second kappa shape index (κ2) is 10.2. The molecular weight excluding hydrogens is 440 g/mol. The van der Waals surface area contributed by atoms with Gasteiger partial charge in [0, 0.05) is 32.0 Å². The lowest BCUT2D eigenvalue weighted by molar-refractivity contribution is 0.0903. The van der Waals surface area contributed by atoms with Crippen LogP contribution < -0.4 is 9.62 Å². The fraction of sp³-hybridized carbons (Fsp3) is 0.292. The molecule has 9 heteroatoms. The summed E-state index contributed by atoms with van der Waals surface area (Å²) in [4.78, 5) is 22.2. The van der Waals surface area contributed by atoms with E-state index in [0.29, 0.717) is 25.6 Å². The Morgan fingerprint density at radius 3 is 2.18 bits per heavy atom. The lowest BCUT2D eigenvalue weighted by Crippen LogP contribution is -2.39. The van der Waals surface area contributed by atoms with Crippen LogP contribution in [0.4, 0.5) is 5.95 Å². The van der Waals surface area contributed by atoms with Crippen molar-refractivity contribution >= 4 is 21.8 Å². The first kappa shape index (κ1) is 23.0. The van der Waals surface area contributed by atoms with Crippen LogP contribution in [-0.4, -0.2) is 55.5 Å². The molecule has 0 spiro atoms. The van der Waals surface area contributed by atoms with Gasteiger partial charge in [-0.25, -0.2) is 23.1 Å². The third kappa shape index (κ3) is 5.62. The highest BCUT2D eigenvalue weighted by Crippen LogP contribution is 2.23. The Hall–Kier alpha value is -3.14. The van der Waals surface area contributed by atoms with E-state index in [9.17, 15) is 13.2 Å². The van der Waals surface area contributed by atoms with Crippen LogP contribution in [0.25, 0.3) is 11.1 Å². The van der Waals surface area contributed by atoms with E-state index in [0.717, 1.165) is 24.0 Å². The Labute approximate surface area is 193 Å². The number of piperidine rings is 1. The monoisotopic (exact) mass is 466 g/mol. The standard InChI is InChI=1S/C24H26N4O4S/c29-17-23(30)21-15-25-24(26-16-21)28-12-10-18(11-13-28)14-27-33(31,32)22-8-6-20(7-9-22)19-4-2-1-3-5-19/h1-9,15-16,18,27,29H,10-14,17H2. The van der Waals surface area contributed by atoms with Crippen molar-refractivity contribution in [2.45, 2.75) is 17.7 Å². The van der Waals surface area contributed by atoms with E-state index in [2.05, 4.69) is 14.7 Å². The third-order valence-corrected chi connectivity index (χ3v) is 7.27. The Kier molecular flexibility index (Phi) is 7.12. The van der Waals surface area contributed by atoms with Crippen molar-refractivity contribution in [2.75, 3.05) is 31.1 Å². The summed E-state index contributed by atoms with van der Waals surface area (Å²) in [6.45, 7) is 1.21. The number of benzene rings is 2. The highest BCUT2D eigenvalue weighted by atomic mass is 32.2. The largest absolute Gasteiger partial charge is 0.388 e. The summed E-state index contributed by atoms with van der Waals surface area (Å²) in [5.41, 5.74) is 2.29. The minimum atomic E-state index is -3.58. The molecular formula is C24H26N4O4S. The normalized spacial score (nSPS) is 14.9. The molecule has 1 aliphatic rings. The predicted molar refractivity (Wildman–Crippen MR) is 125 cm³/mol. The van der Waals surface area contributed by atoms with Crippen molar-refractivity contribution in [1.29, 1.82) is 0 Å². The molecule has 3 aromatic rings. The molecule has 1 fully saturated rings. The number of nitrogens with one attached hydrogen (secondary N) is 1. The number of aliphatic hydroxyl groups excluding tert-OH is 1. The molecule has 0 bridgehead atoms. The zero-order chi connectivity index (χ0) is 23.3. The van der Waals surface area contributed by atoms with E-state index in [-0.39, 0.29) is 16.4 Å². The molecule has 0 unspecified atom stereocenters. The zero-order valence-corrected chi connectivity index (χ0v) is 18.9. The van der Waals surface area contributed by atoms with Crippen LogP contribution in [0.3, 0.4) is 0 Å². The smallest absolute Gasteiger partial charge is 0.240 e. The van der Waals surface area contributed by atoms with Gasteiger partial charge >= 0.3 is 0 Å². The summed E-state index contributed by atoms with van der Waals surface area (Å²) in [5, 5.41) is 8.91. The van der Waals surface area contributed by atoms with E-state index >= 15 is 0 Å². The van der Waals surface area contributed by atoms with Crippen LogP contribution in [-0.2, 0) is 10.0 Å². The van der Waals surface area contributed by atoms with Crippen LogP contribution >= 0.6 is 0 Å². The van der Waals surface area contributed by atoms with Gasteiger partial charge < -0.3 is 10.0 Å². The predicted octanol–water partition coefficient (Wildman–Crippen LogP) is 2.51. The lowest BCUT2D eigenvalue weighted by Gasteiger charge is -2.32. The molecule has 2 heterocycles. The van der Waals surface area contributed by atoms with E-state index in [1.54, 1.807) is 12.1 Å². The Bertz CT molecular complexity index is 1180. The number of hydrogen-bond donors (Lipinski definition) is 2. The number of nitrogens with zero attached hydrogens (tertiary/aromatic N) is 3. The number of aliphatic hydroxyl groups is 1. The molecule has 2 aromatic carbocycles. The maximum atomic E-state index is 12.7. The van der Waals surface area contributed by atoms with Crippen LogP contribution in [0, 0.1) is 5.92 Å². The summed E-state index contributed by atoms with van der Waals surface area (Å²) < 4.78 is 28.2. The van der Waals surface area contributed by atoms with Crippen molar-refractivity contribution in [3.05, 3.63) is 72.6 Å². The van der Waals surface area contributed by atoms with E-state index in [1.165, 1.54) is 12.4 Å². The topological polar surface area (TPSA) is 112 Å². The molecule has 0 radical (unpaired) electrons. The molecule has 0 saturated carbocycles. The summed E-state index contributed by atoms with van der Waals surface area (Å²) in [7, 11) is -3.58. The molecule has 33 heavy (non-hydrogen) atoms. The summed E-state index contributed by atoms with van der Waals surface area (Å²) >= 11 is 0. The molecule has 2 N–H and O–H groups in total. The van der Waals surface area contributed by atoms with Gasteiger partial charge in [-0.15, -0.1) is 0 Å². The highest BCUT2D eigenvalue weighted by Gasteiger charge is 2.23. The van der Waals surface area contributed by atoms with Gasteiger partial charge in [-0.05, 0) is 42.0 Å². The average molecular weight is 467 g/mol. The van der Waals surface area contributed by atoms with Gasteiger partial charge in [-0.3, -0.25) is 4.79 Å². The van der Waals surface area contributed by atoms with Gasteiger partial charge in [0.15, 0.2) is 5.78 Å². The Morgan fingerprint density at radius 1 is 0.970 bits per heavy atom. The van der Waals surface area contributed by atoms with Gasteiger partial charge in [-0.1, -0.05) is 42.5 Å². The SMILES string of the molecule is O=C(CO)c1cnc(N2CCC(CNS(=O)(=O)c3ccc(-c4ccccc4)cc3)CC2)nc1. The number of hydrogen-bond acceptors (Lipinski definition) is 7. The maximum Gasteiger partial charge on any atom is 0.240 e. The highest BCUT2D eigenvalue weighted by molar-refractivity contribution is 7.89. The van der Waals surface area contributed by atoms with Crippen molar-refractivity contribution < 1.29 is 18.3 Å². The minimum Gasteiger partial charge on any atom is -0.388 e. The number of carbonyl (C=O) groups excluding carboxylic acids is 1. The van der Waals surface area contributed by atoms with Crippen molar-refractivity contribution in [3.63, 3.8) is 0 Å². The minimum absolute atomic E-state index is 0.217. The first-order valence-electron chi connectivity index (χ1n) is 10.8. The maximum absolute atomic E-state index is 12.7. The van der Waals surface area contributed by atoms with Crippen LogP contribution in [0.1, 0.15) is 23.2 Å². The average Bonchev–Trinajstić information content (AvgIpc) is 2.88. The molecule has 1 aliphatic heterocycles. The molecule has 0 amide bonds. The summed E-state index contributed by atoms with van der Waals surface area (Å²) in [5.74, 6) is 0.333. The Balaban J connectivity index is 1.29. The number of aromatic nitrogens is 2. The van der Waals surface area contributed by atoms with E-state index in [4.69, 9.17) is 5.11 Å². The molecule has 172 valence electrons. The number of anilines is 1. The number of rotatable bonds is 8. The van der Waals surface area contributed by atoms with Gasteiger partial charge in [0.2, 0.25) is 16.0 Å². The molecule has 8 nitrogen and oxygen atoms in total. The van der Waals surface area contributed by atoms with E-state index < -0.39 is 22.4 Å². The van der Waals surface area contributed by atoms with Gasteiger partial charge in [0.1, 0.15) is 6.61 Å². The number of Topliss-reactive ketones (excluding diaryl/α,β-unsaturated/α-hetero) is 1. The zero-order valence-electron chi connectivity index (χ0n) is 18.1. The van der Waals surface area contributed by atoms with Crippen LogP contribution in [0.15, 0.2) is 71.9 Å². The Morgan fingerprint density at radius 2 is 1.58 bits per heavy atom. The van der Waals surface area contributed by atoms with Gasteiger partial charge in [0.25, 0.3) is 0 Å². The van der Waals surface area contributed by atoms with Crippen molar-refractivity contribution in [1.82, 2.24) is 14.7 Å². The van der Waals surface area contributed by atoms with Crippen molar-refractivity contribution in [2.24, 2.45) is 5.92 Å². The summed E-state index contributed by atoms with van der Waals surface area (Å²) in [6.07, 6.45) is 4.45. The number of carbonyl (C=O) groups is 1. The molecule has 1 saturated heterocycles. The molecule has 0 atom stereocenters. The molecule has 0 aliphatic carbocycles. The molecule has 4 rings (SSSR count). The number of ketones is 1. The fourth-order valence-corrected chi connectivity index (χ4v) is 4.94. The van der Waals surface area contributed by atoms with Gasteiger partial charge in [0.05, 0.1) is 10.5 Å². The first-order valence-corrected chi connectivity index (χ1v) is 12.3.